The van der Waals surface area contributed by atoms with Gasteiger partial charge in [-0.15, -0.1) is 0 Å². The van der Waals surface area contributed by atoms with Gasteiger partial charge in [-0.05, 0) is 49.4 Å². The molecule has 1 aliphatic rings. The van der Waals surface area contributed by atoms with Crippen molar-refractivity contribution in [3.8, 4) is 5.69 Å². The highest BCUT2D eigenvalue weighted by molar-refractivity contribution is 8.00. The summed E-state index contributed by atoms with van der Waals surface area (Å²) < 4.78 is 29.3. The van der Waals surface area contributed by atoms with Gasteiger partial charge in [-0.1, -0.05) is 50.6 Å². The van der Waals surface area contributed by atoms with Crippen LogP contribution in [0.25, 0.3) is 16.6 Å². The smallest absolute Gasteiger partial charge is 0.266 e. The third kappa shape index (κ3) is 4.81. The van der Waals surface area contributed by atoms with E-state index in [1.165, 1.54) is 6.07 Å². The summed E-state index contributed by atoms with van der Waals surface area (Å²) in [5, 5.41) is 3.07. The number of aromatic nitrogens is 2. The van der Waals surface area contributed by atoms with Crippen LogP contribution in [0.1, 0.15) is 40.0 Å². The van der Waals surface area contributed by atoms with E-state index in [2.05, 4.69) is 24.1 Å². The van der Waals surface area contributed by atoms with Crippen LogP contribution in [0.4, 0.5) is 8.78 Å². The molecule has 0 bridgehead atoms. The third-order valence-corrected chi connectivity index (χ3v) is 7.63. The first-order valence-corrected chi connectivity index (χ1v) is 12.1. The van der Waals surface area contributed by atoms with Crippen LogP contribution in [0.2, 0.25) is 0 Å². The summed E-state index contributed by atoms with van der Waals surface area (Å²) in [5.41, 5.74) is -0.133. The van der Waals surface area contributed by atoms with Gasteiger partial charge in [0.15, 0.2) is 5.16 Å². The Balaban J connectivity index is 1.69. The SMILES string of the molecule is C[C@@H]1[C@H](C)CCC[C@H]1NC(=O)[C@@H](C)Sc1nc2ccccc2c(=O)n1-c1ccc(F)cc1F. The molecular weight excluding hydrogens is 444 g/mol. The molecule has 1 heterocycles. The molecule has 174 valence electrons. The van der Waals surface area contributed by atoms with Crippen LogP contribution in [-0.4, -0.2) is 26.8 Å². The van der Waals surface area contributed by atoms with Crippen molar-refractivity contribution in [3.63, 3.8) is 0 Å². The van der Waals surface area contributed by atoms with Gasteiger partial charge < -0.3 is 5.32 Å². The molecule has 1 N–H and O–H groups in total. The van der Waals surface area contributed by atoms with Gasteiger partial charge in [0.1, 0.15) is 11.6 Å². The fraction of sp³-hybridized carbons (Fsp3) is 0.400. The number of carbonyl (C=O) groups excluding carboxylic acids is 1. The van der Waals surface area contributed by atoms with E-state index in [1.54, 1.807) is 31.2 Å². The fourth-order valence-corrected chi connectivity index (χ4v) is 5.29. The van der Waals surface area contributed by atoms with Crippen molar-refractivity contribution in [2.75, 3.05) is 0 Å². The Bertz CT molecular complexity index is 1250. The molecule has 4 atom stereocenters. The van der Waals surface area contributed by atoms with Gasteiger partial charge >= 0.3 is 0 Å². The van der Waals surface area contributed by atoms with Crippen LogP contribution in [0, 0.1) is 23.5 Å². The molecule has 0 unspecified atom stereocenters. The molecule has 33 heavy (non-hydrogen) atoms. The van der Waals surface area contributed by atoms with Crippen molar-refractivity contribution < 1.29 is 13.6 Å². The number of halogens is 2. The highest BCUT2D eigenvalue weighted by atomic mass is 32.2. The lowest BCUT2D eigenvalue weighted by atomic mass is 9.78. The summed E-state index contributed by atoms with van der Waals surface area (Å²) in [6.07, 6.45) is 3.18. The van der Waals surface area contributed by atoms with E-state index in [1.807, 2.05) is 0 Å². The van der Waals surface area contributed by atoms with Crippen molar-refractivity contribution in [1.82, 2.24) is 14.9 Å². The summed E-state index contributed by atoms with van der Waals surface area (Å²) in [5.74, 6) is -0.848. The molecule has 0 aliphatic heterocycles. The quantitative estimate of drug-likeness (QED) is 0.416. The summed E-state index contributed by atoms with van der Waals surface area (Å²) in [7, 11) is 0. The van der Waals surface area contributed by atoms with Crippen LogP contribution in [-0.2, 0) is 4.79 Å². The van der Waals surface area contributed by atoms with Gasteiger partial charge in [0.25, 0.3) is 5.56 Å². The number of fused-ring (bicyclic) bond motifs is 1. The molecule has 5 nitrogen and oxygen atoms in total. The van der Waals surface area contributed by atoms with E-state index in [0.29, 0.717) is 22.7 Å². The maximum Gasteiger partial charge on any atom is 0.266 e. The minimum Gasteiger partial charge on any atom is -0.352 e. The monoisotopic (exact) mass is 471 g/mol. The predicted octanol–water partition coefficient (Wildman–Crippen LogP) is 5.09. The van der Waals surface area contributed by atoms with E-state index in [0.717, 1.165) is 47.7 Å². The van der Waals surface area contributed by atoms with Gasteiger partial charge in [0.05, 0.1) is 21.8 Å². The Hall–Kier alpha value is -2.74. The number of para-hydroxylation sites is 1. The van der Waals surface area contributed by atoms with Crippen molar-refractivity contribution in [2.45, 2.75) is 56.5 Å². The van der Waals surface area contributed by atoms with E-state index in [4.69, 9.17) is 0 Å². The molecule has 0 radical (unpaired) electrons. The molecule has 1 amide bonds. The Labute approximate surface area is 195 Å². The van der Waals surface area contributed by atoms with Crippen molar-refractivity contribution >= 4 is 28.6 Å². The molecule has 1 aromatic heterocycles. The number of nitrogens with zero attached hydrogens (tertiary/aromatic N) is 2. The number of thioether (sulfide) groups is 1. The molecule has 1 saturated carbocycles. The Morgan fingerprint density at radius 1 is 1.18 bits per heavy atom. The lowest BCUT2D eigenvalue weighted by Crippen LogP contribution is -2.46. The van der Waals surface area contributed by atoms with Crippen molar-refractivity contribution in [2.24, 2.45) is 11.8 Å². The minimum atomic E-state index is -0.877. The molecule has 4 rings (SSSR count). The lowest BCUT2D eigenvalue weighted by molar-refractivity contribution is -0.121. The maximum absolute atomic E-state index is 14.7. The molecule has 1 fully saturated rings. The molecular formula is C25H27F2N3O2S. The highest BCUT2D eigenvalue weighted by Crippen LogP contribution is 2.31. The predicted molar refractivity (Wildman–Crippen MR) is 127 cm³/mol. The summed E-state index contributed by atoms with van der Waals surface area (Å²) in [6, 6.07) is 9.90. The zero-order valence-electron chi connectivity index (χ0n) is 18.8. The number of nitrogens with one attached hydrogen (secondary N) is 1. The van der Waals surface area contributed by atoms with E-state index >= 15 is 0 Å². The van der Waals surface area contributed by atoms with E-state index < -0.39 is 22.4 Å². The van der Waals surface area contributed by atoms with Gasteiger partial charge in [-0.2, -0.15) is 0 Å². The molecule has 3 aromatic rings. The largest absolute Gasteiger partial charge is 0.352 e. The summed E-state index contributed by atoms with van der Waals surface area (Å²) in [4.78, 5) is 30.8. The summed E-state index contributed by atoms with van der Waals surface area (Å²) >= 11 is 1.09. The number of hydrogen-bond donors (Lipinski definition) is 1. The Kier molecular flexibility index (Phi) is 6.83. The molecule has 0 saturated heterocycles. The number of hydrogen-bond acceptors (Lipinski definition) is 4. The first-order chi connectivity index (χ1) is 15.8. The van der Waals surface area contributed by atoms with E-state index in [9.17, 15) is 18.4 Å². The van der Waals surface area contributed by atoms with Gasteiger partial charge in [-0.25, -0.2) is 13.8 Å². The zero-order valence-corrected chi connectivity index (χ0v) is 19.7. The van der Waals surface area contributed by atoms with Crippen LogP contribution in [0.15, 0.2) is 52.4 Å². The van der Waals surface area contributed by atoms with Crippen LogP contribution >= 0.6 is 11.8 Å². The fourth-order valence-electron chi connectivity index (χ4n) is 4.36. The molecule has 0 spiro atoms. The second kappa shape index (κ2) is 9.63. The first kappa shape index (κ1) is 23.4. The van der Waals surface area contributed by atoms with Gasteiger partial charge in [-0.3, -0.25) is 14.2 Å². The van der Waals surface area contributed by atoms with Crippen LogP contribution in [0.5, 0.6) is 0 Å². The number of carbonyl (C=O) groups is 1. The topological polar surface area (TPSA) is 64.0 Å². The standard InChI is InChI=1S/C25H27F2N3O2S/c1-14-7-6-10-20(15(14)2)28-23(31)16(3)33-25-29-21-9-5-4-8-18(21)24(32)30(25)22-12-11-17(26)13-19(22)27/h4-5,8-9,11-16,20H,6-7,10H2,1-3H3,(H,28,31)/t14-,15-,16-,20-/m1/s1. The number of benzene rings is 2. The molecule has 1 aliphatic carbocycles. The lowest BCUT2D eigenvalue weighted by Gasteiger charge is -2.35. The average Bonchev–Trinajstić information content (AvgIpc) is 2.78. The Morgan fingerprint density at radius 2 is 1.94 bits per heavy atom. The van der Waals surface area contributed by atoms with Gasteiger partial charge in [0.2, 0.25) is 5.91 Å². The maximum atomic E-state index is 14.7. The molecule has 2 aromatic carbocycles. The van der Waals surface area contributed by atoms with Gasteiger partial charge in [0, 0.05) is 12.1 Å². The summed E-state index contributed by atoms with van der Waals surface area (Å²) in [6.45, 7) is 6.10. The zero-order chi connectivity index (χ0) is 23.7. The second-order valence-electron chi connectivity index (χ2n) is 8.79. The van der Waals surface area contributed by atoms with Crippen LogP contribution in [0.3, 0.4) is 0 Å². The van der Waals surface area contributed by atoms with E-state index in [-0.39, 0.29) is 22.8 Å². The Morgan fingerprint density at radius 3 is 2.70 bits per heavy atom. The van der Waals surface area contributed by atoms with Crippen molar-refractivity contribution in [3.05, 3.63) is 64.5 Å². The van der Waals surface area contributed by atoms with Crippen LogP contribution < -0.4 is 10.9 Å². The third-order valence-electron chi connectivity index (χ3n) is 6.58. The normalized spacial score (nSPS) is 21.7. The highest BCUT2D eigenvalue weighted by Gasteiger charge is 2.30. The first-order valence-electron chi connectivity index (χ1n) is 11.2. The minimum absolute atomic E-state index is 0.102. The molecule has 8 heteroatoms. The number of rotatable bonds is 5. The average molecular weight is 472 g/mol. The van der Waals surface area contributed by atoms with Crippen molar-refractivity contribution in [1.29, 1.82) is 0 Å². The number of amides is 1. The second-order valence-corrected chi connectivity index (χ2v) is 10.1.